The monoisotopic (exact) mass is 541 g/mol. The second-order valence-corrected chi connectivity index (χ2v) is 10.9. The number of Topliss-reactive ketones (excluding diaryl/α,β-unsaturated/α-hetero) is 1. The molecule has 2 aromatic rings. The molecule has 0 unspecified atom stereocenters. The molecule has 1 aliphatic heterocycles. The number of allylic oxidation sites excluding steroid dienone is 3. The molecule has 38 heavy (non-hydrogen) atoms. The Kier molecular flexibility index (Phi) is 7.61. The average Bonchev–Trinajstić information content (AvgIpc) is 2.85. The number of alkyl halides is 3. The number of anilines is 1. The maximum Gasteiger partial charge on any atom is 0.418 e. The summed E-state index contributed by atoms with van der Waals surface area (Å²) in [4.78, 5) is 26.0. The van der Waals surface area contributed by atoms with E-state index >= 15 is 0 Å². The molecule has 2 aliphatic rings. The van der Waals surface area contributed by atoms with E-state index in [0.717, 1.165) is 23.4 Å². The first-order valence-corrected chi connectivity index (χ1v) is 12.8. The average molecular weight is 542 g/mol. The highest BCUT2D eigenvalue weighted by atomic mass is 32.2. The molecule has 0 saturated carbocycles. The molecule has 1 heterocycles. The lowest BCUT2D eigenvalue weighted by Crippen LogP contribution is -2.37. The second kappa shape index (κ2) is 10.6. The molecule has 4 rings (SSSR count). The number of carbonyl (C=O) groups excluding carboxylic acids is 2. The maximum absolute atomic E-state index is 13.3. The standard InChI is InChI=1S/C28H26F3N3O3S/c1-27(2)12-21-25(22(35)13-27)24(16-8-10-17(37-3)11-9-16)18(14-32)26(34-21)38-15-23(36)33-20-7-5-4-6-19(20)28(29,30)31/h4-11,24,34H,12-13,15H2,1-3H3,(H,33,36)/t24-/m0/s1. The normalized spacial score (nSPS) is 18.9. The number of dihydropyridines is 1. The molecule has 10 heteroatoms. The van der Waals surface area contributed by atoms with Crippen molar-refractivity contribution in [1.82, 2.24) is 5.32 Å². The predicted octanol–water partition coefficient (Wildman–Crippen LogP) is 6.15. The molecule has 0 fully saturated rings. The molecular formula is C28H26F3N3O3S. The lowest BCUT2D eigenvalue weighted by Gasteiger charge is -2.39. The Morgan fingerprint density at radius 1 is 1.18 bits per heavy atom. The van der Waals surface area contributed by atoms with Crippen LogP contribution in [0.3, 0.4) is 0 Å². The van der Waals surface area contributed by atoms with Crippen LogP contribution in [-0.2, 0) is 15.8 Å². The van der Waals surface area contributed by atoms with Crippen molar-refractivity contribution in [2.75, 3.05) is 18.2 Å². The van der Waals surface area contributed by atoms with E-state index in [9.17, 15) is 28.0 Å². The first-order valence-electron chi connectivity index (χ1n) is 11.8. The van der Waals surface area contributed by atoms with Gasteiger partial charge in [-0.25, -0.2) is 0 Å². The molecule has 0 radical (unpaired) electrons. The minimum absolute atomic E-state index is 0.0529. The highest BCUT2D eigenvalue weighted by Crippen LogP contribution is 2.48. The molecule has 1 atom stereocenters. The van der Waals surface area contributed by atoms with Crippen molar-refractivity contribution in [3.8, 4) is 11.8 Å². The van der Waals surface area contributed by atoms with Gasteiger partial charge in [0.25, 0.3) is 0 Å². The number of nitriles is 1. The number of benzene rings is 2. The van der Waals surface area contributed by atoms with Crippen LogP contribution in [0.1, 0.15) is 43.7 Å². The number of thioether (sulfide) groups is 1. The number of ketones is 1. The number of hydrogen-bond acceptors (Lipinski definition) is 6. The summed E-state index contributed by atoms with van der Waals surface area (Å²) in [6.07, 6.45) is -3.72. The molecule has 1 amide bonds. The smallest absolute Gasteiger partial charge is 0.418 e. The van der Waals surface area contributed by atoms with E-state index in [1.165, 1.54) is 18.2 Å². The fraction of sp³-hybridized carbons (Fsp3) is 0.321. The van der Waals surface area contributed by atoms with Gasteiger partial charge in [0.05, 0.1) is 46.7 Å². The van der Waals surface area contributed by atoms with Crippen molar-refractivity contribution in [1.29, 1.82) is 5.26 Å². The number of nitrogens with one attached hydrogen (secondary N) is 2. The zero-order valence-corrected chi connectivity index (χ0v) is 21.8. The summed E-state index contributed by atoms with van der Waals surface area (Å²) >= 11 is 1.02. The summed E-state index contributed by atoms with van der Waals surface area (Å²) in [5.74, 6) is -0.959. The van der Waals surface area contributed by atoms with Gasteiger partial charge in [0.15, 0.2) is 5.78 Å². The fourth-order valence-electron chi connectivity index (χ4n) is 4.78. The van der Waals surface area contributed by atoms with E-state index in [1.807, 2.05) is 13.8 Å². The molecule has 0 aromatic heterocycles. The van der Waals surface area contributed by atoms with Crippen LogP contribution in [-0.4, -0.2) is 24.6 Å². The Morgan fingerprint density at radius 2 is 1.87 bits per heavy atom. The van der Waals surface area contributed by atoms with Crippen molar-refractivity contribution >= 4 is 29.1 Å². The van der Waals surface area contributed by atoms with Gasteiger partial charge >= 0.3 is 6.18 Å². The lowest BCUT2D eigenvalue weighted by atomic mass is 9.69. The van der Waals surface area contributed by atoms with Gasteiger partial charge in [-0.1, -0.05) is 49.9 Å². The van der Waals surface area contributed by atoms with E-state index in [2.05, 4.69) is 16.7 Å². The SMILES string of the molecule is COc1ccc([C@H]2C(C#N)=C(SCC(=O)Nc3ccccc3C(F)(F)F)NC3=C2C(=O)CC(C)(C)C3)cc1. The topological polar surface area (TPSA) is 91.2 Å². The van der Waals surface area contributed by atoms with Crippen molar-refractivity contribution in [3.63, 3.8) is 0 Å². The van der Waals surface area contributed by atoms with Crippen LogP contribution in [0.4, 0.5) is 18.9 Å². The van der Waals surface area contributed by atoms with Crippen molar-refractivity contribution in [2.45, 2.75) is 38.8 Å². The van der Waals surface area contributed by atoms with E-state index in [4.69, 9.17) is 4.74 Å². The van der Waals surface area contributed by atoms with Crippen molar-refractivity contribution in [3.05, 3.63) is 81.5 Å². The summed E-state index contributed by atoms with van der Waals surface area (Å²) < 4.78 is 45.2. The molecular weight excluding hydrogens is 515 g/mol. The summed E-state index contributed by atoms with van der Waals surface area (Å²) in [6.45, 7) is 3.97. The Hall–Kier alpha value is -3.71. The zero-order valence-electron chi connectivity index (χ0n) is 21.0. The highest BCUT2D eigenvalue weighted by molar-refractivity contribution is 8.03. The van der Waals surface area contributed by atoms with Gasteiger partial charge in [0.1, 0.15) is 5.75 Å². The van der Waals surface area contributed by atoms with Gasteiger partial charge in [0.2, 0.25) is 5.91 Å². The third kappa shape index (κ3) is 5.73. The van der Waals surface area contributed by atoms with Crippen molar-refractivity contribution < 1.29 is 27.5 Å². The molecule has 6 nitrogen and oxygen atoms in total. The minimum atomic E-state index is -4.62. The van der Waals surface area contributed by atoms with Gasteiger partial charge in [-0.15, -0.1) is 0 Å². The van der Waals surface area contributed by atoms with E-state index in [1.54, 1.807) is 31.4 Å². The van der Waals surface area contributed by atoms with Gasteiger partial charge < -0.3 is 15.4 Å². The van der Waals surface area contributed by atoms with Crippen LogP contribution >= 0.6 is 11.8 Å². The molecule has 2 N–H and O–H groups in total. The molecule has 0 bridgehead atoms. The van der Waals surface area contributed by atoms with Crippen LogP contribution in [0.25, 0.3) is 0 Å². The van der Waals surface area contributed by atoms with Gasteiger partial charge in [-0.05, 0) is 41.7 Å². The highest BCUT2D eigenvalue weighted by Gasteiger charge is 2.42. The first kappa shape index (κ1) is 27.3. The van der Waals surface area contributed by atoms with Crippen molar-refractivity contribution in [2.24, 2.45) is 5.41 Å². The lowest BCUT2D eigenvalue weighted by molar-refractivity contribution is -0.137. The van der Waals surface area contributed by atoms with Crippen LogP contribution in [0.2, 0.25) is 0 Å². The van der Waals surface area contributed by atoms with Crippen LogP contribution in [0.15, 0.2) is 70.4 Å². The van der Waals surface area contributed by atoms with Gasteiger partial charge in [-0.3, -0.25) is 9.59 Å². The number of hydrogen-bond donors (Lipinski definition) is 2. The number of rotatable bonds is 6. The molecule has 2 aromatic carbocycles. The number of ether oxygens (including phenoxy) is 1. The largest absolute Gasteiger partial charge is 0.497 e. The summed E-state index contributed by atoms with van der Waals surface area (Å²) in [5.41, 5.74) is 0.643. The second-order valence-electron chi connectivity index (χ2n) is 9.90. The van der Waals surface area contributed by atoms with E-state index < -0.39 is 23.6 Å². The maximum atomic E-state index is 13.3. The predicted molar refractivity (Wildman–Crippen MR) is 139 cm³/mol. The van der Waals surface area contributed by atoms with Crippen LogP contribution in [0.5, 0.6) is 5.75 Å². The molecule has 0 saturated heterocycles. The van der Waals surface area contributed by atoms with Crippen LogP contribution < -0.4 is 15.4 Å². The minimum Gasteiger partial charge on any atom is -0.497 e. The number of para-hydroxylation sites is 1. The Labute approximate surface area is 222 Å². The van der Waals surface area contributed by atoms with E-state index in [-0.39, 0.29) is 28.2 Å². The zero-order chi connectivity index (χ0) is 27.7. The number of amides is 1. The van der Waals surface area contributed by atoms with Gasteiger partial charge in [-0.2, -0.15) is 18.4 Å². The Bertz CT molecular complexity index is 1370. The van der Waals surface area contributed by atoms with E-state index in [0.29, 0.717) is 34.9 Å². The number of nitrogens with zero attached hydrogens (tertiary/aromatic N) is 1. The third-order valence-electron chi connectivity index (χ3n) is 6.43. The summed E-state index contributed by atoms with van der Waals surface area (Å²) in [6, 6.07) is 14.1. The Morgan fingerprint density at radius 3 is 2.50 bits per heavy atom. The number of halogens is 3. The molecule has 198 valence electrons. The summed E-state index contributed by atoms with van der Waals surface area (Å²) in [5, 5.41) is 16.1. The molecule has 0 spiro atoms. The third-order valence-corrected chi connectivity index (χ3v) is 7.45. The first-order chi connectivity index (χ1) is 17.9. The van der Waals surface area contributed by atoms with Crippen LogP contribution in [0, 0.1) is 16.7 Å². The number of carbonyl (C=O) groups is 2. The van der Waals surface area contributed by atoms with Gasteiger partial charge in [0, 0.05) is 17.7 Å². The summed E-state index contributed by atoms with van der Waals surface area (Å²) in [7, 11) is 1.54. The fourth-order valence-corrected chi connectivity index (χ4v) is 5.65. The Balaban J connectivity index is 1.64. The molecule has 1 aliphatic carbocycles. The number of methoxy groups -OCH3 is 1. The quantitative estimate of drug-likeness (QED) is 0.456.